The minimum absolute atomic E-state index is 0.0926. The summed E-state index contributed by atoms with van der Waals surface area (Å²) in [6.45, 7) is 5.87. The molecule has 1 amide bonds. The lowest BCUT2D eigenvalue weighted by Gasteiger charge is -2.34. The number of aryl methyl sites for hydroxylation is 1. The number of hydrogen-bond acceptors (Lipinski definition) is 4. The number of nitrogens with zero attached hydrogens (tertiary/aromatic N) is 3. The van der Waals surface area contributed by atoms with Crippen molar-refractivity contribution in [3.63, 3.8) is 0 Å². The average molecular weight is 426 g/mol. The van der Waals surface area contributed by atoms with Crippen LogP contribution in [0.15, 0.2) is 47.4 Å². The van der Waals surface area contributed by atoms with Gasteiger partial charge in [-0.25, -0.2) is 8.42 Å². The fourth-order valence-corrected chi connectivity index (χ4v) is 6.44. The Morgan fingerprint density at radius 2 is 1.73 bits per heavy atom. The third kappa shape index (κ3) is 3.25. The summed E-state index contributed by atoms with van der Waals surface area (Å²) in [6.07, 6.45) is 1.71. The van der Waals surface area contributed by atoms with Crippen LogP contribution in [0.4, 0.5) is 5.69 Å². The first-order chi connectivity index (χ1) is 14.4. The first kappa shape index (κ1) is 19.7. The minimum Gasteiger partial charge on any atom is -0.311 e. The van der Waals surface area contributed by atoms with E-state index in [0.717, 1.165) is 42.7 Å². The lowest BCUT2D eigenvalue weighted by Crippen LogP contribution is -2.48. The van der Waals surface area contributed by atoms with Crippen LogP contribution >= 0.6 is 0 Å². The highest BCUT2D eigenvalue weighted by Crippen LogP contribution is 2.44. The molecule has 6 nitrogen and oxygen atoms in total. The predicted octanol–water partition coefficient (Wildman–Crippen LogP) is 2.59. The van der Waals surface area contributed by atoms with Crippen molar-refractivity contribution in [2.45, 2.75) is 37.1 Å². The quantitative estimate of drug-likeness (QED) is 0.756. The normalized spacial score (nSPS) is 22.4. The average Bonchev–Trinajstić information content (AvgIpc) is 3.01. The third-order valence-electron chi connectivity index (χ3n) is 6.61. The predicted molar refractivity (Wildman–Crippen MR) is 116 cm³/mol. The summed E-state index contributed by atoms with van der Waals surface area (Å²) in [4.78, 5) is 17.1. The van der Waals surface area contributed by atoms with Crippen molar-refractivity contribution in [1.82, 2.24) is 9.21 Å². The lowest BCUT2D eigenvalue weighted by molar-refractivity contribution is -0.119. The summed E-state index contributed by atoms with van der Waals surface area (Å²) in [7, 11) is -3.57. The maximum Gasteiger partial charge on any atom is 0.243 e. The van der Waals surface area contributed by atoms with Gasteiger partial charge in [0.2, 0.25) is 15.9 Å². The van der Waals surface area contributed by atoms with Gasteiger partial charge in [-0.1, -0.05) is 30.3 Å². The standard InChI is InChI=1S/C23H27N3O3S/c1-17-21-15-20(14-19-8-5-9-26(22(19)21)23(17)27)30(28,29)25-12-10-24(11-13-25)16-18-6-3-2-4-7-18/h2-4,6-7,14-15,17H,5,8-13,16H2,1H3/t17-/m1/s1. The molecular formula is C23H27N3O3S. The smallest absolute Gasteiger partial charge is 0.243 e. The summed E-state index contributed by atoms with van der Waals surface area (Å²) in [5, 5.41) is 0. The van der Waals surface area contributed by atoms with Crippen LogP contribution in [-0.4, -0.2) is 56.3 Å². The van der Waals surface area contributed by atoms with E-state index in [-0.39, 0.29) is 11.8 Å². The molecule has 7 heteroatoms. The molecule has 0 spiro atoms. The van der Waals surface area contributed by atoms with Crippen molar-refractivity contribution in [3.05, 3.63) is 59.2 Å². The number of rotatable bonds is 4. The molecule has 0 aromatic heterocycles. The monoisotopic (exact) mass is 425 g/mol. The van der Waals surface area contributed by atoms with Gasteiger partial charge in [0.15, 0.2) is 0 Å². The van der Waals surface area contributed by atoms with E-state index < -0.39 is 10.0 Å². The number of benzene rings is 2. The van der Waals surface area contributed by atoms with Gasteiger partial charge in [-0.3, -0.25) is 9.69 Å². The van der Waals surface area contributed by atoms with Crippen LogP contribution in [0.25, 0.3) is 0 Å². The fraction of sp³-hybridized carbons (Fsp3) is 0.435. The second kappa shape index (κ2) is 7.48. The van der Waals surface area contributed by atoms with Crippen LogP contribution in [0.3, 0.4) is 0 Å². The van der Waals surface area contributed by atoms with Crippen LogP contribution in [0.5, 0.6) is 0 Å². The van der Waals surface area contributed by atoms with Gasteiger partial charge in [0.25, 0.3) is 0 Å². The highest BCUT2D eigenvalue weighted by Gasteiger charge is 2.39. The maximum absolute atomic E-state index is 13.4. The number of sulfonamides is 1. The van der Waals surface area contributed by atoms with Crippen LogP contribution in [-0.2, 0) is 27.8 Å². The number of amides is 1. The van der Waals surface area contributed by atoms with Gasteiger partial charge in [-0.2, -0.15) is 4.31 Å². The van der Waals surface area contributed by atoms with Crippen molar-refractivity contribution in [2.75, 3.05) is 37.6 Å². The minimum atomic E-state index is -3.57. The molecule has 5 rings (SSSR count). The van der Waals surface area contributed by atoms with Gasteiger partial charge in [0.1, 0.15) is 0 Å². The van der Waals surface area contributed by atoms with Gasteiger partial charge in [0, 0.05) is 39.3 Å². The van der Waals surface area contributed by atoms with Gasteiger partial charge in [0.05, 0.1) is 16.5 Å². The molecule has 3 aliphatic heterocycles. The molecule has 0 unspecified atom stereocenters. The first-order valence-corrected chi connectivity index (χ1v) is 12.1. The summed E-state index contributed by atoms with van der Waals surface area (Å²) in [6, 6.07) is 13.8. The van der Waals surface area contributed by atoms with E-state index in [1.165, 1.54) is 5.56 Å². The van der Waals surface area contributed by atoms with Gasteiger partial charge in [-0.15, -0.1) is 0 Å². The Labute approximate surface area is 178 Å². The second-order valence-electron chi connectivity index (χ2n) is 8.50. The van der Waals surface area contributed by atoms with Crippen LogP contribution in [0.2, 0.25) is 0 Å². The van der Waals surface area contributed by atoms with E-state index in [0.29, 0.717) is 31.1 Å². The number of piperazine rings is 1. The van der Waals surface area contributed by atoms with E-state index in [2.05, 4.69) is 17.0 Å². The Balaban J connectivity index is 1.36. The molecule has 30 heavy (non-hydrogen) atoms. The van der Waals surface area contributed by atoms with E-state index in [4.69, 9.17) is 0 Å². The first-order valence-electron chi connectivity index (χ1n) is 10.7. The summed E-state index contributed by atoms with van der Waals surface area (Å²) in [5.41, 5.74) is 4.08. The Kier molecular flexibility index (Phi) is 4.92. The van der Waals surface area contributed by atoms with Crippen molar-refractivity contribution < 1.29 is 13.2 Å². The molecular weight excluding hydrogens is 398 g/mol. The zero-order valence-corrected chi connectivity index (χ0v) is 18.1. The second-order valence-corrected chi connectivity index (χ2v) is 10.4. The van der Waals surface area contributed by atoms with Crippen molar-refractivity contribution >= 4 is 21.6 Å². The SMILES string of the molecule is C[C@H]1C(=O)N2CCCc3cc(S(=O)(=O)N4CCN(Cc5ccccc5)CC4)cc1c32. The van der Waals surface area contributed by atoms with Gasteiger partial charge >= 0.3 is 0 Å². The van der Waals surface area contributed by atoms with Crippen molar-refractivity contribution in [1.29, 1.82) is 0 Å². The Morgan fingerprint density at radius 3 is 2.47 bits per heavy atom. The molecule has 3 aliphatic rings. The highest BCUT2D eigenvalue weighted by atomic mass is 32.2. The van der Waals surface area contributed by atoms with E-state index in [1.54, 1.807) is 10.4 Å². The third-order valence-corrected chi connectivity index (χ3v) is 8.49. The number of anilines is 1. The highest BCUT2D eigenvalue weighted by molar-refractivity contribution is 7.89. The zero-order chi connectivity index (χ0) is 20.9. The molecule has 2 aromatic rings. The molecule has 3 heterocycles. The van der Waals surface area contributed by atoms with Crippen LogP contribution < -0.4 is 4.90 Å². The van der Waals surface area contributed by atoms with E-state index in [1.807, 2.05) is 36.1 Å². The lowest BCUT2D eigenvalue weighted by atomic mass is 9.97. The summed E-state index contributed by atoms with van der Waals surface area (Å²) >= 11 is 0. The molecule has 2 aromatic carbocycles. The van der Waals surface area contributed by atoms with Crippen molar-refractivity contribution in [2.24, 2.45) is 0 Å². The molecule has 0 aliphatic carbocycles. The van der Waals surface area contributed by atoms with E-state index >= 15 is 0 Å². The molecule has 1 saturated heterocycles. The molecule has 0 N–H and O–H groups in total. The number of carbonyl (C=O) groups is 1. The topological polar surface area (TPSA) is 60.9 Å². The number of hydrogen-bond donors (Lipinski definition) is 0. The maximum atomic E-state index is 13.4. The number of carbonyl (C=O) groups excluding carboxylic acids is 1. The van der Waals surface area contributed by atoms with E-state index in [9.17, 15) is 13.2 Å². The molecule has 0 bridgehead atoms. The molecule has 1 fully saturated rings. The van der Waals surface area contributed by atoms with Gasteiger partial charge < -0.3 is 4.90 Å². The van der Waals surface area contributed by atoms with Crippen molar-refractivity contribution in [3.8, 4) is 0 Å². The molecule has 0 saturated carbocycles. The Morgan fingerprint density at radius 1 is 1.00 bits per heavy atom. The Bertz CT molecular complexity index is 1080. The molecule has 1 atom stereocenters. The summed E-state index contributed by atoms with van der Waals surface area (Å²) in [5.74, 6) is -0.176. The fourth-order valence-electron chi connectivity index (χ4n) is 4.93. The molecule has 158 valence electrons. The van der Waals surface area contributed by atoms with Crippen LogP contribution in [0.1, 0.15) is 36.0 Å². The van der Waals surface area contributed by atoms with Gasteiger partial charge in [-0.05, 0) is 48.6 Å². The molecule has 0 radical (unpaired) electrons. The zero-order valence-electron chi connectivity index (χ0n) is 17.3. The summed E-state index contributed by atoms with van der Waals surface area (Å²) < 4.78 is 28.4. The largest absolute Gasteiger partial charge is 0.311 e. The van der Waals surface area contributed by atoms with Crippen LogP contribution in [0, 0.1) is 0 Å². The Hall–Kier alpha value is -2.22.